The summed E-state index contributed by atoms with van der Waals surface area (Å²) in [7, 11) is -6.12. The van der Waals surface area contributed by atoms with Gasteiger partial charge in [-0.1, -0.05) is 13.5 Å². The number of nitrogens with zero attached hydrogens (tertiary/aromatic N) is 1. The number of sulfonamides is 1. The molecule has 226 valence electrons. The lowest BCUT2D eigenvalue weighted by molar-refractivity contribution is -0.465. The zero-order chi connectivity index (χ0) is 31.2. The molecule has 0 amide bonds. The van der Waals surface area contributed by atoms with E-state index in [1.54, 1.807) is 0 Å². The largest absolute Gasteiger partial charge is 0.461 e. The third kappa shape index (κ3) is 5.22. The Hall–Kier alpha value is -2.07. The third-order valence-corrected chi connectivity index (χ3v) is 6.24. The summed E-state index contributed by atoms with van der Waals surface area (Å²) in [4.78, 5) is 10.8. The van der Waals surface area contributed by atoms with E-state index in [4.69, 9.17) is 0 Å². The van der Waals surface area contributed by atoms with Gasteiger partial charge in [0.1, 0.15) is 6.61 Å². The van der Waals surface area contributed by atoms with Crippen LogP contribution in [-0.4, -0.2) is 85.4 Å². The molecule has 0 aromatic carbocycles. The summed E-state index contributed by atoms with van der Waals surface area (Å²) < 4.78 is 252. The molecule has 0 aliphatic rings. The second kappa shape index (κ2) is 10.2. The zero-order valence-electron chi connectivity index (χ0n) is 17.8. The van der Waals surface area contributed by atoms with Gasteiger partial charge in [-0.3, -0.25) is 0 Å². The fourth-order valence-corrected chi connectivity index (χ4v) is 3.67. The number of hydrogen-bond acceptors (Lipinski definition) is 4. The lowest BCUT2D eigenvalue weighted by Gasteiger charge is -2.44. The lowest BCUT2D eigenvalue weighted by Crippen LogP contribution is -2.76. The number of ether oxygens (including phenoxy) is 1. The molecule has 0 rings (SSSR count). The predicted molar refractivity (Wildman–Crippen MR) is 88.0 cm³/mol. The van der Waals surface area contributed by atoms with Crippen molar-refractivity contribution in [3.8, 4) is 0 Å². The van der Waals surface area contributed by atoms with Gasteiger partial charge in [-0.2, -0.15) is 74.6 Å². The van der Waals surface area contributed by atoms with Crippen LogP contribution in [0.1, 0.15) is 6.92 Å². The van der Waals surface area contributed by atoms with E-state index in [9.17, 15) is 87.8 Å². The molecule has 0 aromatic heterocycles. The van der Waals surface area contributed by atoms with E-state index in [0.717, 1.165) is 0 Å². The summed E-state index contributed by atoms with van der Waals surface area (Å²) >= 11 is 0. The zero-order valence-corrected chi connectivity index (χ0v) is 18.6. The van der Waals surface area contributed by atoms with Gasteiger partial charge in [0.25, 0.3) is 0 Å². The maximum atomic E-state index is 14.2. The fourth-order valence-electron chi connectivity index (χ4n) is 2.30. The van der Waals surface area contributed by atoms with Crippen LogP contribution in [0.2, 0.25) is 0 Å². The first-order chi connectivity index (χ1) is 16.4. The Kier molecular flexibility index (Phi) is 9.60. The van der Waals surface area contributed by atoms with Gasteiger partial charge in [0, 0.05) is 12.6 Å². The van der Waals surface area contributed by atoms with Crippen molar-refractivity contribution in [3.05, 3.63) is 12.7 Å². The van der Waals surface area contributed by atoms with Crippen LogP contribution >= 0.6 is 0 Å². The van der Waals surface area contributed by atoms with Gasteiger partial charge in [0.15, 0.2) is 0 Å². The first kappa shape index (κ1) is 35.9. The molecule has 38 heavy (non-hydrogen) atoms. The maximum absolute atomic E-state index is 14.2. The topological polar surface area (TPSA) is 63.7 Å². The summed E-state index contributed by atoms with van der Waals surface area (Å²) in [5.74, 6) is -55.0. The highest BCUT2D eigenvalue weighted by atomic mass is 32.2. The molecule has 0 aromatic rings. The van der Waals surface area contributed by atoms with Gasteiger partial charge in [-0.15, -0.1) is 4.31 Å². The minimum absolute atomic E-state index is 0.139. The van der Waals surface area contributed by atoms with E-state index >= 15 is 0 Å². The third-order valence-electron chi connectivity index (χ3n) is 4.39. The molecule has 0 N–H and O–H groups in total. The van der Waals surface area contributed by atoms with Gasteiger partial charge in [-0.25, -0.2) is 13.2 Å². The van der Waals surface area contributed by atoms with Gasteiger partial charge < -0.3 is 4.74 Å². The maximum Gasteiger partial charge on any atom is 0.460 e. The fraction of sp³-hybridized carbons (Fsp3) is 0.800. The molecule has 0 saturated carbocycles. The Morgan fingerprint density at radius 2 is 1.05 bits per heavy atom. The van der Waals surface area contributed by atoms with Crippen molar-refractivity contribution >= 4 is 16.0 Å². The van der Waals surface area contributed by atoms with E-state index < -0.39 is 87.0 Å². The molecule has 0 spiro atoms. The number of carbonyl (C=O) groups is 1. The highest BCUT2D eigenvalue weighted by Gasteiger charge is 2.95. The quantitative estimate of drug-likeness (QED) is 0.120. The SMILES string of the molecule is C=CC(=O)OCCS(=O)(=O)N(CC)C(F)(F)C(F)(F)C(F)(F)C(F)(F)C(F)(F)C(F)(F)C(F)(F)C(F)(F)F. The van der Waals surface area contributed by atoms with Gasteiger partial charge in [-0.05, 0) is 0 Å². The Morgan fingerprint density at radius 3 is 1.37 bits per heavy atom. The number of rotatable bonds is 13. The molecule has 0 atom stereocenters. The van der Waals surface area contributed by atoms with Gasteiger partial charge in [0.2, 0.25) is 10.0 Å². The van der Waals surface area contributed by atoms with Crippen LogP contribution in [0.4, 0.5) is 74.6 Å². The summed E-state index contributed by atoms with van der Waals surface area (Å²) in [5, 5.41) is 0. The number of esters is 1. The van der Waals surface area contributed by atoms with Crippen molar-refractivity contribution in [1.29, 1.82) is 0 Å². The Labute approximate surface area is 200 Å². The van der Waals surface area contributed by atoms with Crippen molar-refractivity contribution in [3.63, 3.8) is 0 Å². The molecule has 0 fully saturated rings. The van der Waals surface area contributed by atoms with Crippen LogP contribution in [0.15, 0.2) is 12.7 Å². The Balaban J connectivity index is 6.81. The number of carbonyl (C=O) groups excluding carboxylic acids is 1. The molecule has 0 aliphatic carbocycles. The summed E-state index contributed by atoms with van der Waals surface area (Å²) in [6.45, 7) is -0.681. The van der Waals surface area contributed by atoms with Crippen molar-refractivity contribution < 1.29 is 92.6 Å². The molecule has 23 heteroatoms. The Morgan fingerprint density at radius 1 is 0.711 bits per heavy atom. The molecule has 0 saturated heterocycles. The van der Waals surface area contributed by atoms with Crippen molar-refractivity contribution in [2.75, 3.05) is 18.9 Å². The lowest BCUT2D eigenvalue weighted by atomic mass is 9.90. The van der Waals surface area contributed by atoms with E-state index in [1.165, 1.54) is 0 Å². The average Bonchev–Trinajstić information content (AvgIpc) is 2.71. The molecule has 0 aliphatic heterocycles. The number of alkyl halides is 17. The molecular weight excluding hydrogens is 613 g/mol. The van der Waals surface area contributed by atoms with Crippen LogP contribution < -0.4 is 0 Å². The van der Waals surface area contributed by atoms with E-state index in [1.807, 2.05) is 0 Å². The standard InChI is InChI=1S/C15H12F17NO4S/c1-3-7(34)37-5-6-38(35,36)33(4-2)15(31,32)13(26,27)11(22,23)9(18,19)8(16,17)10(20,21)12(24,25)14(28,29)30/h3H,1,4-6H2,2H3. The van der Waals surface area contributed by atoms with Gasteiger partial charge in [0.05, 0.1) is 5.75 Å². The predicted octanol–water partition coefficient (Wildman–Crippen LogP) is 5.33. The van der Waals surface area contributed by atoms with E-state index in [2.05, 4.69) is 11.3 Å². The molecular formula is C15H12F17NO4S. The summed E-state index contributed by atoms with van der Waals surface area (Å²) in [6, 6.07) is -7.28. The molecule has 0 radical (unpaired) electrons. The van der Waals surface area contributed by atoms with Crippen LogP contribution in [0.25, 0.3) is 0 Å². The smallest absolute Gasteiger partial charge is 0.460 e. The minimum atomic E-state index is -8.84. The highest BCUT2D eigenvalue weighted by Crippen LogP contribution is 2.64. The molecule has 0 bridgehead atoms. The second-order valence-electron chi connectivity index (χ2n) is 6.84. The summed E-state index contributed by atoms with van der Waals surface area (Å²) in [5.41, 5.74) is 0. The first-order valence-corrected chi connectivity index (χ1v) is 10.5. The molecule has 5 nitrogen and oxygen atoms in total. The number of hydrogen-bond donors (Lipinski definition) is 0. The van der Waals surface area contributed by atoms with Crippen molar-refractivity contribution in [2.45, 2.75) is 54.7 Å². The average molecular weight is 625 g/mol. The molecule has 0 heterocycles. The van der Waals surface area contributed by atoms with Crippen LogP contribution in [0.5, 0.6) is 0 Å². The molecule has 0 unspecified atom stereocenters. The van der Waals surface area contributed by atoms with E-state index in [-0.39, 0.29) is 6.92 Å². The second-order valence-corrected chi connectivity index (χ2v) is 8.85. The van der Waals surface area contributed by atoms with Crippen molar-refractivity contribution in [2.24, 2.45) is 0 Å². The van der Waals surface area contributed by atoms with Crippen LogP contribution in [-0.2, 0) is 19.6 Å². The monoisotopic (exact) mass is 625 g/mol. The van der Waals surface area contributed by atoms with E-state index in [0.29, 0.717) is 6.08 Å². The summed E-state index contributed by atoms with van der Waals surface area (Å²) in [6.07, 6.45) is -7.55. The van der Waals surface area contributed by atoms with Crippen molar-refractivity contribution in [1.82, 2.24) is 4.31 Å². The minimum Gasteiger partial charge on any atom is -0.461 e. The van der Waals surface area contributed by atoms with Crippen LogP contribution in [0, 0.1) is 0 Å². The Bertz CT molecular complexity index is 990. The van der Waals surface area contributed by atoms with Crippen LogP contribution in [0.3, 0.4) is 0 Å². The first-order valence-electron chi connectivity index (χ1n) is 8.91. The normalized spacial score (nSPS) is 15.6. The highest BCUT2D eigenvalue weighted by molar-refractivity contribution is 7.89. The number of halogens is 17. The van der Waals surface area contributed by atoms with Gasteiger partial charge >= 0.3 is 53.7 Å².